The van der Waals surface area contributed by atoms with E-state index in [0.717, 1.165) is 11.1 Å². The van der Waals surface area contributed by atoms with Crippen molar-refractivity contribution in [2.75, 3.05) is 41.4 Å². The average Bonchev–Trinajstić information content (AvgIpc) is 2.75. The largest absolute Gasteiger partial charge is 0.493 e. The van der Waals surface area contributed by atoms with Gasteiger partial charge in [0.1, 0.15) is 4.90 Å². The van der Waals surface area contributed by atoms with Crippen LogP contribution in [-0.4, -0.2) is 65.7 Å². The third-order valence-electron chi connectivity index (χ3n) is 4.47. The molecule has 0 spiro atoms. The molecule has 1 aromatic carbocycles. The fraction of sp³-hybridized carbons (Fsp3) is 0.400. The van der Waals surface area contributed by atoms with E-state index in [1.165, 1.54) is 18.5 Å². The van der Waals surface area contributed by atoms with Crippen LogP contribution in [0.4, 0.5) is 0 Å². The van der Waals surface area contributed by atoms with Crippen molar-refractivity contribution in [1.82, 2.24) is 19.9 Å². The van der Waals surface area contributed by atoms with E-state index >= 15 is 0 Å². The van der Waals surface area contributed by atoms with E-state index < -0.39 is 10.0 Å². The molecule has 0 aliphatic rings. The summed E-state index contributed by atoms with van der Waals surface area (Å²) in [5, 5.41) is 3.16. The van der Waals surface area contributed by atoms with Gasteiger partial charge >= 0.3 is 0 Å². The fourth-order valence-corrected chi connectivity index (χ4v) is 3.85. The van der Waals surface area contributed by atoms with Gasteiger partial charge in [-0.1, -0.05) is 0 Å². The molecule has 172 valence electrons. The van der Waals surface area contributed by atoms with Crippen LogP contribution in [0.3, 0.4) is 0 Å². The summed E-state index contributed by atoms with van der Waals surface area (Å²) < 4.78 is 37.7. The van der Waals surface area contributed by atoms with Gasteiger partial charge in [0.05, 0.1) is 14.2 Å². The van der Waals surface area contributed by atoms with Crippen molar-refractivity contribution in [3.63, 3.8) is 0 Å². The SMILES string of the molecule is CN=C(NCCNS(=O)(=O)c1cccnc1)N(C)Cc1cc(OC)c(OC)cc1C.I. The normalized spacial score (nSPS) is 11.5. The molecule has 0 aliphatic heterocycles. The number of aromatic nitrogens is 1. The Hall–Kier alpha value is -2.12. The highest BCUT2D eigenvalue weighted by atomic mass is 127. The number of nitrogens with zero attached hydrogens (tertiary/aromatic N) is 3. The van der Waals surface area contributed by atoms with Crippen LogP contribution in [-0.2, 0) is 16.6 Å². The Morgan fingerprint density at radius 3 is 2.45 bits per heavy atom. The zero-order chi connectivity index (χ0) is 22.1. The quantitative estimate of drug-likeness (QED) is 0.208. The summed E-state index contributed by atoms with van der Waals surface area (Å²) in [5.74, 6) is 1.99. The molecule has 0 fully saturated rings. The maximum Gasteiger partial charge on any atom is 0.242 e. The van der Waals surface area contributed by atoms with Crippen LogP contribution in [0.25, 0.3) is 0 Å². The zero-order valence-electron chi connectivity index (χ0n) is 18.4. The van der Waals surface area contributed by atoms with Crippen LogP contribution in [0.5, 0.6) is 11.5 Å². The second kappa shape index (κ2) is 12.7. The molecule has 0 unspecified atom stereocenters. The van der Waals surface area contributed by atoms with E-state index in [1.807, 2.05) is 31.0 Å². The van der Waals surface area contributed by atoms with E-state index in [1.54, 1.807) is 27.3 Å². The Bertz CT molecular complexity index is 971. The van der Waals surface area contributed by atoms with Gasteiger partial charge in [0.2, 0.25) is 10.0 Å². The predicted molar refractivity (Wildman–Crippen MR) is 132 cm³/mol. The van der Waals surface area contributed by atoms with Crippen molar-refractivity contribution >= 4 is 40.0 Å². The smallest absolute Gasteiger partial charge is 0.242 e. The van der Waals surface area contributed by atoms with Gasteiger partial charge in [-0.25, -0.2) is 13.1 Å². The molecule has 0 aliphatic carbocycles. The summed E-state index contributed by atoms with van der Waals surface area (Å²) in [6.45, 7) is 3.18. The maximum atomic E-state index is 12.2. The molecule has 0 saturated heterocycles. The average molecular weight is 563 g/mol. The lowest BCUT2D eigenvalue weighted by atomic mass is 10.1. The molecule has 2 aromatic rings. The Kier molecular flexibility index (Phi) is 11.0. The summed E-state index contributed by atoms with van der Waals surface area (Å²) in [6, 6.07) is 6.96. The number of sulfonamides is 1. The van der Waals surface area contributed by atoms with Gasteiger partial charge in [-0.3, -0.25) is 9.98 Å². The number of hydrogen-bond donors (Lipinski definition) is 2. The summed E-state index contributed by atoms with van der Waals surface area (Å²) in [4.78, 5) is 10.2. The van der Waals surface area contributed by atoms with Gasteiger partial charge < -0.3 is 19.7 Å². The number of benzene rings is 1. The number of ether oxygens (including phenoxy) is 2. The van der Waals surface area contributed by atoms with Crippen LogP contribution in [0, 0.1) is 6.92 Å². The van der Waals surface area contributed by atoms with Gasteiger partial charge in [-0.05, 0) is 42.3 Å². The summed E-state index contributed by atoms with van der Waals surface area (Å²) in [5.41, 5.74) is 2.13. The van der Waals surface area contributed by atoms with Gasteiger partial charge in [0.15, 0.2) is 17.5 Å². The number of aliphatic imine (C=N–C) groups is 1. The molecule has 0 atom stereocenters. The van der Waals surface area contributed by atoms with Gasteiger partial charge in [0.25, 0.3) is 0 Å². The number of aryl methyl sites for hydroxylation is 1. The van der Waals surface area contributed by atoms with Crippen molar-refractivity contribution in [3.05, 3.63) is 47.8 Å². The number of rotatable bonds is 9. The van der Waals surface area contributed by atoms with Gasteiger partial charge in [-0.2, -0.15) is 0 Å². The zero-order valence-corrected chi connectivity index (χ0v) is 21.5. The number of methoxy groups -OCH3 is 2. The molecule has 1 heterocycles. The number of pyridine rings is 1. The monoisotopic (exact) mass is 563 g/mol. The number of guanidine groups is 1. The van der Waals surface area contributed by atoms with E-state index in [2.05, 4.69) is 20.0 Å². The molecule has 2 N–H and O–H groups in total. The molecule has 31 heavy (non-hydrogen) atoms. The summed E-state index contributed by atoms with van der Waals surface area (Å²) in [7, 11) is 3.22. The fourth-order valence-electron chi connectivity index (χ4n) is 2.86. The van der Waals surface area contributed by atoms with Crippen molar-refractivity contribution in [2.45, 2.75) is 18.4 Å². The second-order valence-electron chi connectivity index (χ2n) is 6.55. The van der Waals surface area contributed by atoms with Crippen LogP contribution in [0.2, 0.25) is 0 Å². The van der Waals surface area contributed by atoms with Crippen LogP contribution >= 0.6 is 24.0 Å². The first kappa shape index (κ1) is 26.9. The molecule has 2 rings (SSSR count). The maximum absolute atomic E-state index is 12.2. The molecule has 0 radical (unpaired) electrons. The molecule has 0 bridgehead atoms. The highest BCUT2D eigenvalue weighted by Crippen LogP contribution is 2.30. The molecule has 0 amide bonds. The molecule has 11 heteroatoms. The molecule has 1 aromatic heterocycles. The third kappa shape index (κ3) is 7.51. The summed E-state index contributed by atoms with van der Waals surface area (Å²) >= 11 is 0. The lowest BCUT2D eigenvalue weighted by Crippen LogP contribution is -2.42. The highest BCUT2D eigenvalue weighted by molar-refractivity contribution is 14.0. The minimum absolute atomic E-state index is 0. The lowest BCUT2D eigenvalue weighted by molar-refractivity contribution is 0.353. The predicted octanol–water partition coefficient (Wildman–Crippen LogP) is 2.01. The minimum Gasteiger partial charge on any atom is -0.493 e. The number of halogens is 1. The Labute approximate surface area is 201 Å². The van der Waals surface area contributed by atoms with Crippen molar-refractivity contribution in [3.8, 4) is 11.5 Å². The number of nitrogens with one attached hydrogen (secondary N) is 2. The Morgan fingerprint density at radius 1 is 1.19 bits per heavy atom. The van der Waals surface area contributed by atoms with Crippen LogP contribution in [0.15, 0.2) is 46.5 Å². The van der Waals surface area contributed by atoms with Crippen LogP contribution in [0.1, 0.15) is 11.1 Å². The van der Waals surface area contributed by atoms with E-state index in [-0.39, 0.29) is 35.4 Å². The van der Waals surface area contributed by atoms with Crippen molar-refractivity contribution < 1.29 is 17.9 Å². The molecular weight excluding hydrogens is 533 g/mol. The minimum atomic E-state index is -3.59. The Morgan fingerprint density at radius 2 is 1.87 bits per heavy atom. The van der Waals surface area contributed by atoms with Gasteiger partial charge in [0, 0.05) is 46.1 Å². The molecule has 0 saturated carbocycles. The lowest BCUT2D eigenvalue weighted by Gasteiger charge is -2.23. The van der Waals surface area contributed by atoms with Gasteiger partial charge in [-0.15, -0.1) is 24.0 Å². The first-order valence-corrected chi connectivity index (χ1v) is 10.8. The molecular formula is C20H30IN5O4S. The first-order valence-electron chi connectivity index (χ1n) is 9.35. The summed E-state index contributed by atoms with van der Waals surface area (Å²) in [6.07, 6.45) is 2.84. The van der Waals surface area contributed by atoms with Crippen molar-refractivity contribution in [2.24, 2.45) is 4.99 Å². The standard InChI is InChI=1S/C20H29N5O4S.HI/c1-15-11-18(28-4)19(29-5)12-16(15)14-25(3)20(21-2)23-9-10-24-30(26,27)17-7-6-8-22-13-17;/h6-8,11-13,24H,9-10,14H2,1-5H3,(H,21,23);1H. The van der Waals surface area contributed by atoms with Crippen molar-refractivity contribution in [1.29, 1.82) is 0 Å². The van der Waals surface area contributed by atoms with E-state index in [0.29, 0.717) is 30.5 Å². The Balaban J connectivity index is 0.00000480. The van der Waals surface area contributed by atoms with E-state index in [9.17, 15) is 8.42 Å². The first-order chi connectivity index (χ1) is 14.3. The second-order valence-corrected chi connectivity index (χ2v) is 8.32. The topological polar surface area (TPSA) is 105 Å². The third-order valence-corrected chi connectivity index (χ3v) is 5.91. The highest BCUT2D eigenvalue weighted by Gasteiger charge is 2.14. The number of hydrogen-bond acceptors (Lipinski definition) is 6. The molecule has 9 nitrogen and oxygen atoms in total. The van der Waals surface area contributed by atoms with E-state index in [4.69, 9.17) is 9.47 Å². The van der Waals surface area contributed by atoms with Crippen LogP contribution < -0.4 is 19.5 Å².